The normalized spacial score (nSPS) is 13.0. The van der Waals surface area contributed by atoms with Gasteiger partial charge >= 0.3 is 6.18 Å². The third-order valence-corrected chi connectivity index (χ3v) is 6.75. The van der Waals surface area contributed by atoms with E-state index >= 15 is 0 Å². The summed E-state index contributed by atoms with van der Waals surface area (Å²) in [7, 11) is 0. The fraction of sp³-hybridized carbons (Fsp3) is 0.211. The first-order valence-electron chi connectivity index (χ1n) is 8.82. The molecule has 0 aliphatic rings. The van der Waals surface area contributed by atoms with Crippen molar-refractivity contribution in [2.24, 2.45) is 5.73 Å². The summed E-state index contributed by atoms with van der Waals surface area (Å²) in [4.78, 5) is 5.03. The molecule has 1 atom stereocenters. The van der Waals surface area contributed by atoms with Crippen LogP contribution in [-0.2, 0) is 12.6 Å². The van der Waals surface area contributed by atoms with Crippen molar-refractivity contribution >= 4 is 49.5 Å². The third kappa shape index (κ3) is 4.72. The molecule has 3 heterocycles. The number of halogens is 4. The molecule has 5 nitrogen and oxygen atoms in total. The molecule has 0 bridgehead atoms. The number of aromatic nitrogens is 3. The van der Waals surface area contributed by atoms with Crippen LogP contribution in [0.1, 0.15) is 11.1 Å². The van der Waals surface area contributed by atoms with Gasteiger partial charge in [0, 0.05) is 30.4 Å². The van der Waals surface area contributed by atoms with Gasteiger partial charge in [-0.3, -0.25) is 4.98 Å². The smallest absolute Gasteiger partial charge is 0.359 e. The molecule has 4 aromatic rings. The number of rotatable bonds is 6. The van der Waals surface area contributed by atoms with Crippen molar-refractivity contribution in [3.05, 3.63) is 58.9 Å². The summed E-state index contributed by atoms with van der Waals surface area (Å²) >= 11 is 9.10. The predicted octanol–water partition coefficient (Wildman–Crippen LogP) is 5.47. The van der Waals surface area contributed by atoms with E-state index < -0.39 is 11.7 Å². The number of nitrogens with zero attached hydrogens (tertiary/aromatic N) is 3. The standard InChI is InChI=1S/C19H15ClF3N5S2/c20-14-8-25-9-16-13(14)6-15(29-16)17-27-28-18(30-17)26-7-12(24)5-10-1-3-11(4-2-10)19(21,22)23/h1-4,6,8-9,12H,5,7,24H2,(H,26,28)/t12-/m1/s1. The van der Waals surface area contributed by atoms with Crippen molar-refractivity contribution in [2.45, 2.75) is 18.6 Å². The number of alkyl halides is 3. The van der Waals surface area contributed by atoms with Gasteiger partial charge in [-0.1, -0.05) is 35.1 Å². The molecule has 0 unspecified atom stereocenters. The third-order valence-electron chi connectivity index (χ3n) is 4.33. The summed E-state index contributed by atoms with van der Waals surface area (Å²) in [6.45, 7) is 0.415. The predicted molar refractivity (Wildman–Crippen MR) is 115 cm³/mol. The van der Waals surface area contributed by atoms with Crippen LogP contribution in [0, 0.1) is 0 Å². The zero-order chi connectivity index (χ0) is 21.3. The monoisotopic (exact) mass is 469 g/mol. The Balaban J connectivity index is 1.36. The first kappa shape index (κ1) is 21.0. The van der Waals surface area contributed by atoms with Crippen LogP contribution in [0.3, 0.4) is 0 Å². The fourth-order valence-electron chi connectivity index (χ4n) is 2.85. The quantitative estimate of drug-likeness (QED) is 0.391. The van der Waals surface area contributed by atoms with Gasteiger partial charge in [0.25, 0.3) is 0 Å². The molecule has 1 aromatic carbocycles. The lowest BCUT2D eigenvalue weighted by Gasteiger charge is -2.13. The van der Waals surface area contributed by atoms with Crippen LogP contribution in [-0.4, -0.2) is 27.8 Å². The van der Waals surface area contributed by atoms with Gasteiger partial charge in [-0.25, -0.2) is 0 Å². The Morgan fingerprint density at radius 1 is 1.10 bits per heavy atom. The largest absolute Gasteiger partial charge is 0.416 e. The Morgan fingerprint density at radius 2 is 1.87 bits per heavy atom. The second-order valence-electron chi connectivity index (χ2n) is 6.60. The van der Waals surface area contributed by atoms with Crippen LogP contribution in [0.2, 0.25) is 5.02 Å². The molecule has 0 amide bonds. The first-order chi connectivity index (χ1) is 14.3. The molecule has 156 valence electrons. The highest BCUT2D eigenvalue weighted by atomic mass is 35.5. The molecule has 0 aliphatic carbocycles. The van der Waals surface area contributed by atoms with E-state index in [0.717, 1.165) is 37.7 Å². The fourth-order valence-corrected chi connectivity index (χ4v) is 4.96. The Labute approximate surface area is 182 Å². The maximum Gasteiger partial charge on any atom is 0.416 e. The zero-order valence-corrected chi connectivity index (χ0v) is 17.7. The number of anilines is 1. The first-order valence-corrected chi connectivity index (χ1v) is 10.8. The van der Waals surface area contributed by atoms with E-state index in [-0.39, 0.29) is 6.04 Å². The Morgan fingerprint density at radius 3 is 2.57 bits per heavy atom. The Bertz CT molecular complexity index is 1160. The molecule has 3 aromatic heterocycles. The maximum absolute atomic E-state index is 12.6. The van der Waals surface area contributed by atoms with E-state index in [2.05, 4.69) is 20.5 Å². The lowest BCUT2D eigenvalue weighted by Crippen LogP contribution is -2.31. The molecule has 0 radical (unpaired) electrons. The number of fused-ring (bicyclic) bond motifs is 1. The number of hydrogen-bond donors (Lipinski definition) is 2. The molecule has 0 aliphatic heterocycles. The van der Waals surface area contributed by atoms with E-state index in [1.54, 1.807) is 12.4 Å². The molecule has 0 saturated carbocycles. The number of nitrogens with two attached hydrogens (primary N) is 1. The van der Waals surface area contributed by atoms with Crippen molar-refractivity contribution in [3.63, 3.8) is 0 Å². The summed E-state index contributed by atoms with van der Waals surface area (Å²) < 4.78 is 38.9. The molecule has 0 fully saturated rings. The number of thiophene rings is 1. The molecular formula is C19H15ClF3N5S2. The van der Waals surface area contributed by atoms with Crippen molar-refractivity contribution in [3.8, 4) is 9.88 Å². The summed E-state index contributed by atoms with van der Waals surface area (Å²) in [6.07, 6.45) is -0.534. The number of pyridine rings is 1. The Kier molecular flexibility index (Phi) is 5.92. The average molecular weight is 470 g/mol. The van der Waals surface area contributed by atoms with Gasteiger partial charge < -0.3 is 11.1 Å². The van der Waals surface area contributed by atoms with Gasteiger partial charge in [0.05, 0.1) is 20.2 Å². The molecule has 3 N–H and O–H groups in total. The highest BCUT2D eigenvalue weighted by molar-refractivity contribution is 7.26. The van der Waals surface area contributed by atoms with E-state index in [4.69, 9.17) is 17.3 Å². The van der Waals surface area contributed by atoms with Crippen molar-refractivity contribution in [2.75, 3.05) is 11.9 Å². The van der Waals surface area contributed by atoms with Crippen LogP contribution in [0.25, 0.3) is 20.0 Å². The van der Waals surface area contributed by atoms with Gasteiger partial charge in [-0.2, -0.15) is 13.2 Å². The van der Waals surface area contributed by atoms with Crippen LogP contribution in [0.15, 0.2) is 42.7 Å². The van der Waals surface area contributed by atoms with Gasteiger partial charge in [-0.15, -0.1) is 21.5 Å². The minimum atomic E-state index is -4.34. The molecule has 11 heteroatoms. The van der Waals surface area contributed by atoms with Crippen LogP contribution < -0.4 is 11.1 Å². The van der Waals surface area contributed by atoms with Crippen LogP contribution in [0.5, 0.6) is 0 Å². The van der Waals surface area contributed by atoms with Crippen molar-refractivity contribution in [1.29, 1.82) is 0 Å². The summed E-state index contributed by atoms with van der Waals surface area (Å²) in [5, 5.41) is 14.4. The molecule has 0 spiro atoms. The van der Waals surface area contributed by atoms with Crippen molar-refractivity contribution in [1.82, 2.24) is 15.2 Å². The topological polar surface area (TPSA) is 76.7 Å². The minimum absolute atomic E-state index is 0.289. The SMILES string of the molecule is N[C@@H](CNc1nnc(-c2cc3c(Cl)cncc3s2)s1)Cc1ccc(C(F)(F)F)cc1. The van der Waals surface area contributed by atoms with Gasteiger partial charge in [-0.05, 0) is 30.2 Å². The van der Waals surface area contributed by atoms with E-state index in [1.165, 1.54) is 34.8 Å². The second-order valence-corrected chi connectivity index (χ2v) is 9.06. The van der Waals surface area contributed by atoms with Gasteiger partial charge in [0.2, 0.25) is 5.13 Å². The minimum Gasteiger partial charge on any atom is -0.359 e. The lowest BCUT2D eigenvalue weighted by molar-refractivity contribution is -0.137. The van der Waals surface area contributed by atoms with E-state index in [1.807, 2.05) is 6.07 Å². The number of hydrogen-bond acceptors (Lipinski definition) is 7. The number of nitrogens with one attached hydrogen (secondary N) is 1. The molecular weight excluding hydrogens is 455 g/mol. The van der Waals surface area contributed by atoms with Crippen molar-refractivity contribution < 1.29 is 13.2 Å². The maximum atomic E-state index is 12.6. The molecule has 4 rings (SSSR count). The summed E-state index contributed by atoms with van der Waals surface area (Å²) in [5.41, 5.74) is 6.19. The highest BCUT2D eigenvalue weighted by Gasteiger charge is 2.29. The zero-order valence-electron chi connectivity index (χ0n) is 15.3. The number of benzene rings is 1. The highest BCUT2D eigenvalue weighted by Crippen LogP contribution is 2.38. The van der Waals surface area contributed by atoms with E-state index in [9.17, 15) is 13.2 Å². The van der Waals surface area contributed by atoms with Gasteiger partial charge in [0.1, 0.15) is 0 Å². The van der Waals surface area contributed by atoms with Crippen LogP contribution >= 0.6 is 34.3 Å². The second kappa shape index (κ2) is 8.46. The average Bonchev–Trinajstić information content (AvgIpc) is 3.34. The van der Waals surface area contributed by atoms with Gasteiger partial charge in [0.15, 0.2) is 5.01 Å². The van der Waals surface area contributed by atoms with E-state index in [0.29, 0.717) is 23.1 Å². The Hall–Kier alpha value is -2.27. The lowest BCUT2D eigenvalue weighted by atomic mass is 10.0. The molecule has 0 saturated heterocycles. The summed E-state index contributed by atoms with van der Waals surface area (Å²) in [6, 6.07) is 6.71. The molecule has 30 heavy (non-hydrogen) atoms. The van der Waals surface area contributed by atoms with Crippen LogP contribution in [0.4, 0.5) is 18.3 Å². The summed E-state index contributed by atoms with van der Waals surface area (Å²) in [5.74, 6) is 0.